The molecule has 0 radical (unpaired) electrons. The Morgan fingerprint density at radius 3 is 2.23 bits per heavy atom. The Balaban J connectivity index is 0.883. The van der Waals surface area contributed by atoms with E-state index in [4.69, 9.17) is 0 Å². The van der Waals surface area contributed by atoms with Crippen LogP contribution in [0.1, 0.15) is 63.4 Å². The Hall–Kier alpha value is -3.66. The highest BCUT2D eigenvalue weighted by Gasteiger charge is 2.54. The Morgan fingerprint density at radius 2 is 1.57 bits per heavy atom. The number of anilines is 1. The number of carbonyl (C=O) groups excluding carboxylic acids is 1. The molecule has 2 N–H and O–H groups in total. The lowest BCUT2D eigenvalue weighted by Gasteiger charge is -2.53. The van der Waals surface area contributed by atoms with Crippen LogP contribution in [0.3, 0.4) is 0 Å². The fourth-order valence-electron chi connectivity index (χ4n) is 11.3. The molecule has 0 bridgehead atoms. The van der Waals surface area contributed by atoms with Crippen molar-refractivity contribution >= 4 is 27.5 Å². The number of carboxylic acid groups (broad SMARTS) is 1. The first kappa shape index (κ1) is 43.0. The second kappa shape index (κ2) is 18.0. The third-order valence-electron chi connectivity index (χ3n) is 14.7. The number of nitrogens with one attached hydrogen (secondary N) is 1. The van der Waals surface area contributed by atoms with E-state index in [0.29, 0.717) is 25.3 Å². The topological polar surface area (TPSA) is 117 Å². The molecule has 15 heteroatoms. The molecule has 5 aliphatic heterocycles. The predicted octanol–water partition coefficient (Wildman–Crippen LogP) is 5.72. The molecule has 0 unspecified atom stereocenters. The van der Waals surface area contributed by atoms with Crippen molar-refractivity contribution in [1.82, 2.24) is 24.9 Å². The summed E-state index contributed by atoms with van der Waals surface area (Å²) in [5.74, 6) is -4.27. The molecule has 5 heterocycles. The number of benzene rings is 2. The van der Waals surface area contributed by atoms with E-state index in [9.17, 15) is 27.5 Å². The maximum absolute atomic E-state index is 15.8. The number of hydrogen-bond acceptors (Lipinski definition) is 8. The van der Waals surface area contributed by atoms with Gasteiger partial charge in [0.05, 0.1) is 17.4 Å². The van der Waals surface area contributed by atoms with Gasteiger partial charge in [-0.3, -0.25) is 9.69 Å². The fourth-order valence-corrected chi connectivity index (χ4v) is 12.9. The van der Waals surface area contributed by atoms with Gasteiger partial charge >= 0.3 is 6.09 Å². The maximum atomic E-state index is 15.8. The quantitative estimate of drug-likeness (QED) is 0.231. The zero-order chi connectivity index (χ0) is 42.1. The van der Waals surface area contributed by atoms with Crippen LogP contribution in [0.5, 0.6) is 0 Å². The Morgan fingerprint density at radius 1 is 0.850 bits per heavy atom. The number of likely N-dealkylation sites (tertiary alicyclic amines) is 4. The molecule has 6 fully saturated rings. The summed E-state index contributed by atoms with van der Waals surface area (Å²) >= 11 is 0. The van der Waals surface area contributed by atoms with Crippen LogP contribution in [0, 0.1) is 23.6 Å². The minimum atomic E-state index is -3.70. The summed E-state index contributed by atoms with van der Waals surface area (Å²) in [4.78, 5) is 34.8. The van der Waals surface area contributed by atoms with Crippen LogP contribution >= 0.6 is 0 Å². The van der Waals surface area contributed by atoms with Crippen LogP contribution in [-0.4, -0.2) is 147 Å². The second-order valence-corrected chi connectivity index (χ2v) is 20.6. The summed E-state index contributed by atoms with van der Waals surface area (Å²) in [6, 6.07) is 12.8. The van der Waals surface area contributed by atoms with Crippen molar-refractivity contribution in [3.05, 3.63) is 72.1 Å². The average molecular weight is 855 g/mol. The van der Waals surface area contributed by atoms with Gasteiger partial charge in [0.25, 0.3) is 5.92 Å². The van der Waals surface area contributed by atoms with Crippen molar-refractivity contribution in [2.24, 2.45) is 17.8 Å². The third kappa shape index (κ3) is 9.10. The summed E-state index contributed by atoms with van der Waals surface area (Å²) in [6.45, 7) is 6.77. The van der Waals surface area contributed by atoms with Crippen LogP contribution in [0.15, 0.2) is 65.6 Å². The van der Waals surface area contributed by atoms with Crippen molar-refractivity contribution < 1.29 is 36.3 Å². The van der Waals surface area contributed by atoms with E-state index in [-0.39, 0.29) is 60.7 Å². The zero-order valence-electron chi connectivity index (χ0n) is 34.6. The molecule has 0 spiro atoms. The largest absolute Gasteiger partial charge is 0.465 e. The molecule has 328 valence electrons. The molecule has 2 amide bonds. The number of halogens is 3. The van der Waals surface area contributed by atoms with Crippen molar-refractivity contribution in [3.63, 3.8) is 0 Å². The molecule has 2 aromatic carbocycles. The summed E-state index contributed by atoms with van der Waals surface area (Å²) in [5.41, 5.74) is 0.960. The van der Waals surface area contributed by atoms with Crippen LogP contribution in [0.25, 0.3) is 0 Å². The summed E-state index contributed by atoms with van der Waals surface area (Å²) in [7, 11) is -3.70. The van der Waals surface area contributed by atoms with Crippen LogP contribution in [0.4, 0.5) is 23.7 Å². The van der Waals surface area contributed by atoms with Gasteiger partial charge in [-0.15, -0.1) is 0 Å². The van der Waals surface area contributed by atoms with Gasteiger partial charge in [0, 0.05) is 62.5 Å². The lowest BCUT2D eigenvalue weighted by molar-refractivity contribution is -0.129. The average Bonchev–Trinajstić information content (AvgIpc) is 3.77. The first-order valence-corrected chi connectivity index (χ1v) is 23.7. The number of amides is 2. The number of hydrogen-bond donors (Lipinski definition) is 2. The smallest absolute Gasteiger partial charge is 0.404 e. The van der Waals surface area contributed by atoms with Crippen LogP contribution in [-0.2, 0) is 20.0 Å². The fraction of sp³-hybridized carbons (Fsp3) is 0.644. The van der Waals surface area contributed by atoms with Crippen molar-refractivity contribution in [2.75, 3.05) is 90.0 Å². The standard InChI is InChI=1S/C45H61F3N6O5S/c46-36-9-4-8-34(26-36)44(31-52-22-7-23-52,40-10-5-11-41(40)49-43(56)57)33-17-24-51(25-18-33)27-35-28-54(32-45(35,47)48)37-13-15-38(16-14-37)60(58,59)39-29-53(30-39)42(55)12-6-21-50-19-2-1-3-20-50/h4,6,8-9,12-16,26,33,35,39-41,49H,1-3,5,7,10-11,17-25,27-32H2,(H,56,57)/b12-6+/t35-,40-,41-,44-/m0/s1. The Bertz CT molecular complexity index is 1960. The molecule has 6 aliphatic rings. The van der Waals surface area contributed by atoms with E-state index < -0.39 is 45.0 Å². The van der Waals surface area contributed by atoms with E-state index in [0.717, 1.165) is 76.8 Å². The van der Waals surface area contributed by atoms with Crippen LogP contribution < -0.4 is 10.2 Å². The predicted molar refractivity (Wildman–Crippen MR) is 225 cm³/mol. The molecule has 0 aromatic heterocycles. The van der Waals surface area contributed by atoms with Crippen molar-refractivity contribution in [2.45, 2.75) is 85.3 Å². The van der Waals surface area contributed by atoms with Gasteiger partial charge in [0.15, 0.2) is 9.84 Å². The summed E-state index contributed by atoms with van der Waals surface area (Å²) < 4.78 is 73.4. The molecular formula is C45H61F3N6O5S. The van der Waals surface area contributed by atoms with E-state index >= 15 is 8.78 Å². The van der Waals surface area contributed by atoms with Crippen LogP contribution in [0.2, 0.25) is 0 Å². The third-order valence-corrected chi connectivity index (χ3v) is 16.8. The number of alkyl halides is 2. The Kier molecular flexibility index (Phi) is 12.9. The highest BCUT2D eigenvalue weighted by atomic mass is 32.2. The highest BCUT2D eigenvalue weighted by Crippen LogP contribution is 2.52. The first-order chi connectivity index (χ1) is 28.8. The van der Waals surface area contributed by atoms with Gasteiger partial charge in [-0.2, -0.15) is 0 Å². The number of rotatable bonds is 14. The zero-order valence-corrected chi connectivity index (χ0v) is 35.4. The molecule has 1 saturated carbocycles. The van der Waals surface area contributed by atoms with E-state index in [1.165, 1.54) is 48.4 Å². The normalized spacial score (nSPS) is 27.1. The molecular weight excluding hydrogens is 794 g/mol. The lowest BCUT2D eigenvalue weighted by Crippen LogP contribution is -2.59. The van der Waals surface area contributed by atoms with Gasteiger partial charge in [-0.1, -0.05) is 31.1 Å². The number of carbonyl (C=O) groups is 2. The van der Waals surface area contributed by atoms with E-state index in [1.807, 2.05) is 12.1 Å². The summed E-state index contributed by atoms with van der Waals surface area (Å²) in [6.07, 6.45) is 10.9. The number of piperidine rings is 2. The van der Waals surface area contributed by atoms with Gasteiger partial charge in [0.1, 0.15) is 11.1 Å². The number of nitrogens with zero attached hydrogens (tertiary/aromatic N) is 5. The Labute approximate surface area is 352 Å². The molecule has 60 heavy (non-hydrogen) atoms. The molecule has 2 aromatic rings. The maximum Gasteiger partial charge on any atom is 0.404 e. The lowest BCUT2D eigenvalue weighted by atomic mass is 9.57. The minimum absolute atomic E-state index is 0.0178. The van der Waals surface area contributed by atoms with Gasteiger partial charge in [0.2, 0.25) is 5.91 Å². The molecule has 1 aliphatic carbocycles. The first-order valence-electron chi connectivity index (χ1n) is 22.2. The molecule has 5 saturated heterocycles. The number of sulfone groups is 1. The van der Waals surface area contributed by atoms with Gasteiger partial charge in [-0.05, 0) is 138 Å². The SMILES string of the molecule is O=C(O)N[C@H]1CCC[C@@H]1[C@](CN1CCC1)(c1cccc(F)c1)C1CCN(C[C@H]2CN(c3ccc(S(=O)(=O)C4CN(C(=O)/C=C/CN5CCCCC5)C4)cc3)CC2(F)F)CC1. The van der Waals surface area contributed by atoms with Gasteiger partial charge in [-0.25, -0.2) is 26.4 Å². The van der Waals surface area contributed by atoms with E-state index in [2.05, 4.69) is 20.0 Å². The second-order valence-electron chi connectivity index (χ2n) is 18.4. The minimum Gasteiger partial charge on any atom is -0.465 e. The van der Waals surface area contributed by atoms with Gasteiger partial charge < -0.3 is 30.0 Å². The molecule has 4 atom stereocenters. The van der Waals surface area contributed by atoms with Crippen molar-refractivity contribution in [3.8, 4) is 0 Å². The van der Waals surface area contributed by atoms with E-state index in [1.54, 1.807) is 29.2 Å². The monoisotopic (exact) mass is 854 g/mol. The molecule has 11 nitrogen and oxygen atoms in total. The van der Waals surface area contributed by atoms with Crippen molar-refractivity contribution in [1.29, 1.82) is 0 Å². The summed E-state index contributed by atoms with van der Waals surface area (Å²) in [5, 5.41) is 11.9. The molecule has 8 rings (SSSR count). The highest BCUT2D eigenvalue weighted by molar-refractivity contribution is 7.92.